The fourth-order valence-corrected chi connectivity index (χ4v) is 4.70. The summed E-state index contributed by atoms with van der Waals surface area (Å²) < 4.78 is 0. The van der Waals surface area contributed by atoms with Crippen LogP contribution in [0.2, 0.25) is 0 Å². The van der Waals surface area contributed by atoms with Crippen LogP contribution in [0.1, 0.15) is 42.0 Å². The van der Waals surface area contributed by atoms with E-state index in [2.05, 4.69) is 17.0 Å². The van der Waals surface area contributed by atoms with Crippen LogP contribution in [0.25, 0.3) is 0 Å². The van der Waals surface area contributed by atoms with Gasteiger partial charge in [-0.05, 0) is 54.5 Å². The molecule has 29 heavy (non-hydrogen) atoms. The predicted molar refractivity (Wildman–Crippen MR) is 119 cm³/mol. The Hall–Kier alpha value is -2.23. The molecule has 0 aliphatic carbocycles. The molecule has 8 heteroatoms. The van der Waals surface area contributed by atoms with E-state index < -0.39 is 0 Å². The Labute approximate surface area is 180 Å². The van der Waals surface area contributed by atoms with Gasteiger partial charge in [0, 0.05) is 29.8 Å². The molecule has 2 heterocycles. The first-order valence-corrected chi connectivity index (χ1v) is 11.4. The molecule has 1 saturated heterocycles. The van der Waals surface area contributed by atoms with E-state index in [4.69, 9.17) is 15.9 Å². The van der Waals surface area contributed by atoms with Crippen LogP contribution >= 0.6 is 23.7 Å². The highest BCUT2D eigenvalue weighted by atomic mass is 32.2. The topological polar surface area (TPSA) is 116 Å². The Kier molecular flexibility index (Phi) is 7.40. The van der Waals surface area contributed by atoms with Gasteiger partial charge in [-0.3, -0.25) is 5.14 Å². The zero-order valence-corrected chi connectivity index (χ0v) is 18.0. The molecule has 1 fully saturated rings. The molecule has 1 aromatic heterocycles. The van der Waals surface area contributed by atoms with Crippen LogP contribution in [0, 0.1) is 22.7 Å². The minimum atomic E-state index is 0.198. The predicted octanol–water partition coefficient (Wildman–Crippen LogP) is 3.57. The van der Waals surface area contributed by atoms with Gasteiger partial charge in [0.15, 0.2) is 0 Å². The van der Waals surface area contributed by atoms with Crippen molar-refractivity contribution in [3.63, 3.8) is 0 Å². The Balaban J connectivity index is 1.95. The molecule has 0 spiro atoms. The highest BCUT2D eigenvalue weighted by molar-refractivity contribution is 7.98. The summed E-state index contributed by atoms with van der Waals surface area (Å²) in [6.07, 6.45) is 2.37. The van der Waals surface area contributed by atoms with Crippen molar-refractivity contribution in [1.82, 2.24) is 4.98 Å². The molecule has 0 radical (unpaired) electrons. The first-order chi connectivity index (χ1) is 14.1. The second kappa shape index (κ2) is 10.00. The zero-order chi connectivity index (χ0) is 20.8. The minimum Gasteiger partial charge on any atom is -0.355 e. The van der Waals surface area contributed by atoms with Crippen molar-refractivity contribution in [2.75, 3.05) is 18.0 Å². The molecule has 1 aliphatic heterocycles. The van der Waals surface area contributed by atoms with Crippen molar-refractivity contribution in [3.8, 4) is 12.1 Å². The third-order valence-corrected chi connectivity index (χ3v) is 6.69. The molecule has 0 saturated carbocycles. The SMILES string of the molecule is CCc1c(C#N)c(SCc2ccc(SN)cc2)nc(N2CCC(N)CC2)c1C#N. The molecule has 0 unspecified atom stereocenters. The quantitative estimate of drug-likeness (QED) is 0.534. The lowest BCUT2D eigenvalue weighted by Crippen LogP contribution is -2.40. The van der Waals surface area contributed by atoms with Crippen molar-refractivity contribution >= 4 is 29.5 Å². The van der Waals surface area contributed by atoms with Gasteiger partial charge in [0.25, 0.3) is 0 Å². The number of nitrogens with two attached hydrogens (primary N) is 2. The van der Waals surface area contributed by atoms with Crippen molar-refractivity contribution in [2.45, 2.75) is 47.9 Å². The number of nitriles is 2. The maximum absolute atomic E-state index is 9.81. The second-order valence-corrected chi connectivity index (χ2v) is 8.59. The fourth-order valence-electron chi connectivity index (χ4n) is 3.44. The van der Waals surface area contributed by atoms with E-state index in [1.807, 2.05) is 31.2 Å². The number of aromatic nitrogens is 1. The van der Waals surface area contributed by atoms with Crippen molar-refractivity contribution in [2.24, 2.45) is 10.9 Å². The lowest BCUT2D eigenvalue weighted by molar-refractivity contribution is 0.497. The van der Waals surface area contributed by atoms with Gasteiger partial charge in [-0.1, -0.05) is 19.1 Å². The number of rotatable bonds is 6. The van der Waals surface area contributed by atoms with Crippen LogP contribution in [0.4, 0.5) is 5.82 Å². The minimum absolute atomic E-state index is 0.198. The van der Waals surface area contributed by atoms with E-state index in [-0.39, 0.29) is 6.04 Å². The van der Waals surface area contributed by atoms with Crippen LogP contribution in [0.3, 0.4) is 0 Å². The summed E-state index contributed by atoms with van der Waals surface area (Å²) >= 11 is 2.75. The van der Waals surface area contributed by atoms with Gasteiger partial charge < -0.3 is 10.6 Å². The molecule has 1 aliphatic rings. The number of benzene rings is 1. The van der Waals surface area contributed by atoms with Crippen molar-refractivity contribution in [1.29, 1.82) is 10.5 Å². The number of piperidine rings is 1. The van der Waals surface area contributed by atoms with Crippen LogP contribution in [0.5, 0.6) is 0 Å². The zero-order valence-electron chi connectivity index (χ0n) is 16.4. The normalized spacial score (nSPS) is 14.4. The van der Waals surface area contributed by atoms with Gasteiger partial charge in [0.2, 0.25) is 0 Å². The van der Waals surface area contributed by atoms with Gasteiger partial charge in [0.05, 0.1) is 11.1 Å². The summed E-state index contributed by atoms with van der Waals surface area (Å²) in [5, 5.41) is 25.9. The Bertz CT molecular complexity index is 938. The summed E-state index contributed by atoms with van der Waals surface area (Å²) in [5.74, 6) is 1.38. The van der Waals surface area contributed by atoms with Crippen LogP contribution in [-0.2, 0) is 12.2 Å². The molecule has 150 valence electrons. The molecule has 1 aromatic carbocycles. The highest BCUT2D eigenvalue weighted by Gasteiger charge is 2.25. The summed E-state index contributed by atoms with van der Waals surface area (Å²) in [5.41, 5.74) is 8.99. The van der Waals surface area contributed by atoms with E-state index in [0.29, 0.717) is 34.1 Å². The number of thioether (sulfide) groups is 1. The molecule has 0 bridgehead atoms. The Morgan fingerprint density at radius 1 is 1.14 bits per heavy atom. The first-order valence-electron chi connectivity index (χ1n) is 9.57. The van der Waals surface area contributed by atoms with E-state index in [0.717, 1.165) is 42.0 Å². The van der Waals surface area contributed by atoms with Crippen molar-refractivity contribution < 1.29 is 0 Å². The standard InChI is InChI=1S/C21H24N6S2/c1-2-17-18(11-22)20(27-9-7-15(24)8-10-27)26-21(19(17)12-23)28-13-14-3-5-16(29-25)6-4-14/h3-6,15H,2,7-10,13,24-25H2,1H3. The Morgan fingerprint density at radius 3 is 2.34 bits per heavy atom. The maximum atomic E-state index is 9.81. The summed E-state index contributed by atoms with van der Waals surface area (Å²) in [6, 6.07) is 12.8. The molecular formula is C21H24N6S2. The van der Waals surface area contributed by atoms with Gasteiger partial charge in [0.1, 0.15) is 23.0 Å². The molecule has 6 nitrogen and oxygen atoms in total. The fraction of sp³-hybridized carbons (Fsp3) is 0.381. The van der Waals surface area contributed by atoms with E-state index in [1.54, 1.807) is 0 Å². The van der Waals surface area contributed by atoms with E-state index in [1.165, 1.54) is 23.7 Å². The summed E-state index contributed by atoms with van der Waals surface area (Å²) in [4.78, 5) is 7.94. The average Bonchev–Trinajstić information content (AvgIpc) is 2.77. The number of hydrogen-bond acceptors (Lipinski definition) is 8. The number of anilines is 1. The van der Waals surface area contributed by atoms with Crippen LogP contribution in [-0.4, -0.2) is 24.1 Å². The van der Waals surface area contributed by atoms with E-state index in [9.17, 15) is 10.5 Å². The molecule has 0 atom stereocenters. The lowest BCUT2D eigenvalue weighted by atomic mass is 10.00. The number of hydrogen-bond donors (Lipinski definition) is 2. The molecule has 2 aromatic rings. The molecule has 3 rings (SSSR count). The third kappa shape index (κ3) is 4.85. The smallest absolute Gasteiger partial charge is 0.148 e. The van der Waals surface area contributed by atoms with E-state index >= 15 is 0 Å². The first kappa shape index (κ1) is 21.5. The van der Waals surface area contributed by atoms with Crippen LogP contribution in [0.15, 0.2) is 34.2 Å². The molecule has 0 amide bonds. The number of nitrogens with zero attached hydrogens (tertiary/aromatic N) is 4. The van der Waals surface area contributed by atoms with Gasteiger partial charge in [-0.2, -0.15) is 10.5 Å². The highest BCUT2D eigenvalue weighted by Crippen LogP contribution is 2.34. The molecular weight excluding hydrogens is 400 g/mol. The summed E-state index contributed by atoms with van der Waals surface area (Å²) in [7, 11) is 0. The van der Waals surface area contributed by atoms with Gasteiger partial charge in [-0.25, -0.2) is 4.98 Å². The van der Waals surface area contributed by atoms with Crippen LogP contribution < -0.4 is 15.8 Å². The molecule has 4 N–H and O–H groups in total. The maximum Gasteiger partial charge on any atom is 0.148 e. The third-order valence-electron chi connectivity index (χ3n) is 5.10. The monoisotopic (exact) mass is 424 g/mol. The average molecular weight is 425 g/mol. The Morgan fingerprint density at radius 2 is 1.79 bits per heavy atom. The van der Waals surface area contributed by atoms with Crippen molar-refractivity contribution in [3.05, 3.63) is 46.5 Å². The lowest BCUT2D eigenvalue weighted by Gasteiger charge is -2.32. The largest absolute Gasteiger partial charge is 0.355 e. The number of pyridine rings is 1. The van der Waals surface area contributed by atoms with Gasteiger partial charge in [-0.15, -0.1) is 11.8 Å². The second-order valence-electron chi connectivity index (χ2n) is 6.92. The summed E-state index contributed by atoms with van der Waals surface area (Å²) in [6.45, 7) is 3.53. The van der Waals surface area contributed by atoms with Gasteiger partial charge >= 0.3 is 0 Å².